The number of aromatic nitrogens is 2. The summed E-state index contributed by atoms with van der Waals surface area (Å²) in [5.41, 5.74) is 7.25. The lowest BCUT2D eigenvalue weighted by Gasteiger charge is -1.98. The van der Waals surface area contributed by atoms with Gasteiger partial charge in [-0.1, -0.05) is 5.16 Å². The number of nitrogen functional groups attached to an aromatic ring is 1. The Kier molecular flexibility index (Phi) is 3.42. The first-order valence-electron chi connectivity index (χ1n) is 5.27. The Balaban J connectivity index is 1.98. The molecule has 3 aromatic rings. The summed E-state index contributed by atoms with van der Waals surface area (Å²) in [5.74, 6) is 1.05. The van der Waals surface area contributed by atoms with Gasteiger partial charge in [-0.3, -0.25) is 0 Å². The third-order valence-corrected chi connectivity index (χ3v) is 4.84. The van der Waals surface area contributed by atoms with Gasteiger partial charge < -0.3 is 10.3 Å². The maximum atomic E-state index is 5.75. The molecule has 0 aliphatic heterocycles. The fourth-order valence-corrected chi connectivity index (χ4v) is 3.26. The summed E-state index contributed by atoms with van der Waals surface area (Å²) >= 11 is 8.34. The predicted octanol–water partition coefficient (Wildman–Crippen LogP) is 4.57. The van der Waals surface area contributed by atoms with Crippen molar-refractivity contribution in [2.45, 2.75) is 0 Å². The minimum Gasteiger partial charge on any atom is -0.398 e. The van der Waals surface area contributed by atoms with Crippen LogP contribution in [0.4, 0.5) is 5.69 Å². The molecule has 3 rings (SSSR count). The first-order chi connectivity index (χ1) is 9.13. The maximum Gasteiger partial charge on any atom is 0.258 e. The van der Waals surface area contributed by atoms with Gasteiger partial charge >= 0.3 is 0 Å². The van der Waals surface area contributed by atoms with Gasteiger partial charge in [0.15, 0.2) is 0 Å². The number of nitrogens with zero attached hydrogens (tertiary/aromatic N) is 2. The molecule has 0 fully saturated rings. The molecule has 0 bridgehead atoms. The monoisotopic (exact) mass is 399 g/mol. The van der Waals surface area contributed by atoms with E-state index in [9.17, 15) is 0 Å². The van der Waals surface area contributed by atoms with Gasteiger partial charge in [-0.2, -0.15) is 4.98 Å². The molecule has 96 valence electrons. The van der Waals surface area contributed by atoms with Gasteiger partial charge in [0.2, 0.25) is 5.82 Å². The summed E-state index contributed by atoms with van der Waals surface area (Å²) in [4.78, 5) is 5.34. The van der Waals surface area contributed by atoms with E-state index in [1.54, 1.807) is 17.4 Å². The minimum absolute atomic E-state index is 0.472. The van der Waals surface area contributed by atoms with Crippen LogP contribution in [0.25, 0.3) is 22.2 Å². The van der Waals surface area contributed by atoms with E-state index in [0.717, 1.165) is 19.4 Å². The van der Waals surface area contributed by atoms with E-state index in [2.05, 4.69) is 42.0 Å². The molecule has 19 heavy (non-hydrogen) atoms. The van der Waals surface area contributed by atoms with Gasteiger partial charge in [0.1, 0.15) is 0 Å². The quantitative estimate of drug-likeness (QED) is 0.639. The summed E-state index contributed by atoms with van der Waals surface area (Å²) in [7, 11) is 0. The molecule has 2 N–H and O–H groups in total. The zero-order chi connectivity index (χ0) is 13.4. The zero-order valence-electron chi connectivity index (χ0n) is 9.43. The van der Waals surface area contributed by atoms with Crippen molar-refractivity contribution < 1.29 is 4.52 Å². The molecule has 0 unspecified atom stereocenters. The Hall–Kier alpha value is -1.18. The largest absolute Gasteiger partial charge is 0.398 e. The third-order valence-electron chi connectivity index (χ3n) is 2.46. The second kappa shape index (κ2) is 5.07. The molecule has 7 heteroatoms. The molecule has 4 nitrogen and oxygen atoms in total. The van der Waals surface area contributed by atoms with Crippen LogP contribution in [0, 0.1) is 0 Å². The van der Waals surface area contributed by atoms with Crippen molar-refractivity contribution in [1.82, 2.24) is 10.1 Å². The first kappa shape index (κ1) is 12.8. The van der Waals surface area contributed by atoms with Crippen molar-refractivity contribution in [3.05, 3.63) is 38.6 Å². The number of hydrogen-bond donors (Lipinski definition) is 1. The summed E-state index contributed by atoms with van der Waals surface area (Å²) in [6.07, 6.45) is 0. The number of halogens is 2. The summed E-state index contributed by atoms with van der Waals surface area (Å²) < 4.78 is 7.10. The van der Waals surface area contributed by atoms with Crippen molar-refractivity contribution >= 4 is 48.9 Å². The highest BCUT2D eigenvalue weighted by Crippen LogP contribution is 2.31. The van der Waals surface area contributed by atoms with E-state index in [0.29, 0.717) is 17.4 Å². The van der Waals surface area contributed by atoms with Gasteiger partial charge in [-0.05, 0) is 56.1 Å². The number of rotatable bonds is 2. The molecule has 0 saturated carbocycles. The number of anilines is 1. The maximum absolute atomic E-state index is 5.75. The molecule has 1 aromatic carbocycles. The normalized spacial score (nSPS) is 10.8. The number of nitrogens with two attached hydrogens (primary N) is 1. The zero-order valence-corrected chi connectivity index (χ0v) is 13.4. The SMILES string of the molecule is Nc1ccc(-c2nc(-c3cc(Br)cs3)no2)cc1Br. The highest BCUT2D eigenvalue weighted by Gasteiger charge is 2.12. The molecule has 0 aliphatic rings. The Bertz CT molecular complexity index is 738. The Morgan fingerprint density at radius 1 is 1.21 bits per heavy atom. The van der Waals surface area contributed by atoms with Gasteiger partial charge in [-0.15, -0.1) is 11.3 Å². The van der Waals surface area contributed by atoms with Crippen molar-refractivity contribution in [3.8, 4) is 22.2 Å². The van der Waals surface area contributed by atoms with Crippen LogP contribution >= 0.6 is 43.2 Å². The molecule has 2 heterocycles. The Morgan fingerprint density at radius 2 is 2.05 bits per heavy atom. The predicted molar refractivity (Wildman–Crippen MR) is 82.9 cm³/mol. The highest BCUT2D eigenvalue weighted by atomic mass is 79.9. The number of benzene rings is 1. The van der Waals surface area contributed by atoms with Crippen LogP contribution in [0.2, 0.25) is 0 Å². The van der Waals surface area contributed by atoms with Gasteiger partial charge in [0.25, 0.3) is 5.89 Å². The number of hydrogen-bond acceptors (Lipinski definition) is 5. The van der Waals surface area contributed by atoms with E-state index in [-0.39, 0.29) is 0 Å². The highest BCUT2D eigenvalue weighted by molar-refractivity contribution is 9.10. The van der Waals surface area contributed by atoms with Gasteiger partial charge in [-0.25, -0.2) is 0 Å². The average Bonchev–Trinajstić information content (AvgIpc) is 3.01. The molecule has 2 aromatic heterocycles. The van der Waals surface area contributed by atoms with Crippen molar-refractivity contribution in [3.63, 3.8) is 0 Å². The van der Waals surface area contributed by atoms with Crippen LogP contribution in [-0.2, 0) is 0 Å². The van der Waals surface area contributed by atoms with Crippen LogP contribution in [0.15, 0.2) is 43.1 Å². The van der Waals surface area contributed by atoms with Crippen molar-refractivity contribution in [1.29, 1.82) is 0 Å². The molecular weight excluding hydrogens is 394 g/mol. The summed E-state index contributed by atoms with van der Waals surface area (Å²) in [5, 5.41) is 5.96. The molecule has 0 aliphatic carbocycles. The second-order valence-electron chi connectivity index (χ2n) is 3.79. The minimum atomic E-state index is 0.472. The summed E-state index contributed by atoms with van der Waals surface area (Å²) in [6.45, 7) is 0. The molecule has 0 atom stereocenters. The third kappa shape index (κ3) is 2.58. The van der Waals surface area contributed by atoms with Gasteiger partial charge in [0, 0.05) is 25.6 Å². The van der Waals surface area contributed by atoms with Crippen molar-refractivity contribution in [2.24, 2.45) is 0 Å². The lowest BCUT2D eigenvalue weighted by Crippen LogP contribution is -1.86. The van der Waals surface area contributed by atoms with E-state index in [1.165, 1.54) is 0 Å². The Morgan fingerprint density at radius 3 is 2.74 bits per heavy atom. The van der Waals surface area contributed by atoms with E-state index in [4.69, 9.17) is 10.3 Å². The van der Waals surface area contributed by atoms with Crippen molar-refractivity contribution in [2.75, 3.05) is 5.73 Å². The van der Waals surface area contributed by atoms with Gasteiger partial charge in [0.05, 0.1) is 4.88 Å². The Labute approximate surface area is 129 Å². The van der Waals surface area contributed by atoms with Crippen LogP contribution in [-0.4, -0.2) is 10.1 Å². The lowest BCUT2D eigenvalue weighted by molar-refractivity contribution is 0.432. The lowest BCUT2D eigenvalue weighted by atomic mass is 10.2. The molecular formula is C12H7Br2N3OS. The van der Waals surface area contributed by atoms with Crippen LogP contribution in [0.3, 0.4) is 0 Å². The first-order valence-corrected chi connectivity index (χ1v) is 7.73. The summed E-state index contributed by atoms with van der Waals surface area (Å²) in [6, 6.07) is 7.46. The smallest absolute Gasteiger partial charge is 0.258 e. The van der Waals surface area contributed by atoms with Crippen LogP contribution in [0.1, 0.15) is 0 Å². The second-order valence-corrected chi connectivity index (χ2v) is 6.47. The van der Waals surface area contributed by atoms with Crippen LogP contribution in [0.5, 0.6) is 0 Å². The molecule has 0 radical (unpaired) electrons. The van der Waals surface area contributed by atoms with E-state index < -0.39 is 0 Å². The standard InChI is InChI=1S/C12H7Br2N3OS/c13-7-4-10(19-5-7)11-16-12(18-17-11)6-1-2-9(15)8(14)3-6/h1-5H,15H2. The molecule has 0 saturated heterocycles. The van der Waals surface area contributed by atoms with E-state index in [1.807, 2.05) is 23.6 Å². The van der Waals surface area contributed by atoms with E-state index >= 15 is 0 Å². The van der Waals surface area contributed by atoms with Crippen LogP contribution < -0.4 is 5.73 Å². The average molecular weight is 401 g/mol. The topological polar surface area (TPSA) is 64.9 Å². The molecule has 0 spiro atoms. The fourth-order valence-electron chi connectivity index (χ4n) is 1.53. The number of thiophene rings is 1. The fraction of sp³-hybridized carbons (Fsp3) is 0. The molecule has 0 amide bonds.